The molecule has 0 spiro atoms. The van der Waals surface area contributed by atoms with E-state index >= 15 is 0 Å². The number of ether oxygens (including phenoxy) is 2. The molecule has 26 heavy (non-hydrogen) atoms. The van der Waals surface area contributed by atoms with E-state index in [-0.39, 0.29) is 27.1 Å². The van der Waals surface area contributed by atoms with E-state index in [4.69, 9.17) is 33.3 Å². The number of anilines is 1. The molecule has 2 rings (SSSR count). The topological polar surface area (TPSA) is 103 Å². The van der Waals surface area contributed by atoms with Crippen LogP contribution in [0.1, 0.15) is 10.4 Å². The van der Waals surface area contributed by atoms with Gasteiger partial charge in [0.25, 0.3) is 5.91 Å². The molecule has 0 bridgehead atoms. The molecule has 0 aliphatic carbocycles. The molecule has 2 N–H and O–H groups in total. The Labute approximate surface area is 159 Å². The Morgan fingerprint density at radius 2 is 1.81 bits per heavy atom. The molecule has 0 heterocycles. The molecule has 136 valence electrons. The van der Waals surface area contributed by atoms with Crippen molar-refractivity contribution in [1.29, 1.82) is 0 Å². The van der Waals surface area contributed by atoms with Crippen molar-refractivity contribution in [2.75, 3.05) is 19.5 Å². The lowest BCUT2D eigenvalue weighted by molar-refractivity contribution is -0.385. The highest BCUT2D eigenvalue weighted by molar-refractivity contribution is 7.80. The molecule has 0 aliphatic rings. The lowest BCUT2D eigenvalue weighted by atomic mass is 10.2. The zero-order chi connectivity index (χ0) is 19.3. The first kappa shape index (κ1) is 19.4. The lowest BCUT2D eigenvalue weighted by Gasteiger charge is -2.11. The third-order valence-corrected chi connectivity index (χ3v) is 3.77. The summed E-state index contributed by atoms with van der Waals surface area (Å²) < 4.78 is 9.95. The summed E-state index contributed by atoms with van der Waals surface area (Å²) >= 11 is 11.0. The molecule has 0 unspecified atom stereocenters. The Kier molecular flexibility index (Phi) is 6.31. The van der Waals surface area contributed by atoms with Crippen LogP contribution in [0.15, 0.2) is 36.4 Å². The number of nitrogens with one attached hydrogen (secondary N) is 2. The smallest absolute Gasteiger partial charge is 0.312 e. The van der Waals surface area contributed by atoms with Gasteiger partial charge in [-0.25, -0.2) is 0 Å². The number of nitro groups is 1. The number of hydrogen-bond acceptors (Lipinski definition) is 6. The van der Waals surface area contributed by atoms with Crippen molar-refractivity contribution in [2.45, 2.75) is 0 Å². The first-order valence-corrected chi connectivity index (χ1v) is 7.92. The number of benzene rings is 2. The monoisotopic (exact) mass is 395 g/mol. The molecular formula is C16H14ClN3O5S. The van der Waals surface area contributed by atoms with E-state index in [0.717, 1.165) is 0 Å². The van der Waals surface area contributed by atoms with Gasteiger partial charge in [0, 0.05) is 17.3 Å². The van der Waals surface area contributed by atoms with Crippen LogP contribution in [0, 0.1) is 10.1 Å². The van der Waals surface area contributed by atoms with Gasteiger partial charge in [-0.05, 0) is 42.5 Å². The van der Waals surface area contributed by atoms with E-state index in [2.05, 4.69) is 10.6 Å². The number of halogens is 1. The average Bonchev–Trinajstić information content (AvgIpc) is 2.61. The van der Waals surface area contributed by atoms with Crippen molar-refractivity contribution in [3.8, 4) is 11.5 Å². The van der Waals surface area contributed by atoms with Crippen molar-refractivity contribution in [1.82, 2.24) is 5.32 Å². The number of methoxy groups -OCH3 is 2. The summed E-state index contributed by atoms with van der Waals surface area (Å²) in [6, 6.07) is 8.74. The van der Waals surface area contributed by atoms with Crippen LogP contribution in [0.4, 0.5) is 11.4 Å². The lowest BCUT2D eigenvalue weighted by Crippen LogP contribution is -2.34. The second-order valence-corrected chi connectivity index (χ2v) is 5.72. The van der Waals surface area contributed by atoms with E-state index in [0.29, 0.717) is 11.4 Å². The molecule has 0 saturated carbocycles. The maximum absolute atomic E-state index is 12.2. The largest absolute Gasteiger partial charge is 0.495 e. The Morgan fingerprint density at radius 3 is 2.38 bits per heavy atom. The van der Waals surface area contributed by atoms with Gasteiger partial charge in [0.05, 0.1) is 24.2 Å². The second kappa shape index (κ2) is 8.45. The van der Waals surface area contributed by atoms with Gasteiger partial charge in [0.2, 0.25) is 0 Å². The van der Waals surface area contributed by atoms with Gasteiger partial charge in [-0.3, -0.25) is 20.2 Å². The predicted octanol–water partition coefficient (Wildman–Crippen LogP) is 3.39. The van der Waals surface area contributed by atoms with Gasteiger partial charge < -0.3 is 14.8 Å². The van der Waals surface area contributed by atoms with Crippen LogP contribution in [0.25, 0.3) is 0 Å². The van der Waals surface area contributed by atoms with Gasteiger partial charge in [-0.2, -0.15) is 0 Å². The minimum atomic E-state index is -0.578. The number of thiocarbonyl (C=S) groups is 1. The summed E-state index contributed by atoms with van der Waals surface area (Å²) in [6.45, 7) is 0. The van der Waals surface area contributed by atoms with Crippen molar-refractivity contribution in [3.63, 3.8) is 0 Å². The van der Waals surface area contributed by atoms with Crippen molar-refractivity contribution < 1.29 is 19.2 Å². The van der Waals surface area contributed by atoms with Crippen molar-refractivity contribution >= 4 is 46.2 Å². The van der Waals surface area contributed by atoms with E-state index in [1.54, 1.807) is 6.07 Å². The highest BCUT2D eigenvalue weighted by Crippen LogP contribution is 2.29. The first-order chi connectivity index (χ1) is 12.3. The molecule has 0 aliphatic heterocycles. The highest BCUT2D eigenvalue weighted by atomic mass is 35.5. The summed E-state index contributed by atoms with van der Waals surface area (Å²) in [7, 11) is 2.80. The van der Waals surface area contributed by atoms with Crippen LogP contribution in [0.2, 0.25) is 5.02 Å². The maximum atomic E-state index is 12.2. The van der Waals surface area contributed by atoms with Crippen LogP contribution in [0.5, 0.6) is 11.5 Å². The normalized spacial score (nSPS) is 9.96. The second-order valence-electron chi connectivity index (χ2n) is 4.90. The van der Waals surface area contributed by atoms with Crippen molar-refractivity contribution in [2.24, 2.45) is 0 Å². The van der Waals surface area contributed by atoms with Gasteiger partial charge in [0.15, 0.2) is 10.9 Å². The van der Waals surface area contributed by atoms with Crippen LogP contribution in [-0.4, -0.2) is 30.2 Å². The molecule has 0 fully saturated rings. The summed E-state index contributed by atoms with van der Waals surface area (Å²) in [5, 5.41) is 16.5. The minimum Gasteiger partial charge on any atom is -0.495 e. The highest BCUT2D eigenvalue weighted by Gasteiger charge is 2.16. The van der Waals surface area contributed by atoms with E-state index in [1.807, 2.05) is 0 Å². The number of carbonyl (C=O) groups is 1. The first-order valence-electron chi connectivity index (χ1n) is 7.14. The fourth-order valence-corrected chi connectivity index (χ4v) is 2.52. The number of carbonyl (C=O) groups excluding carboxylic acids is 1. The predicted molar refractivity (Wildman–Crippen MR) is 101 cm³/mol. The summed E-state index contributed by atoms with van der Waals surface area (Å²) in [6.07, 6.45) is 0. The summed E-state index contributed by atoms with van der Waals surface area (Å²) in [5.74, 6) is 0.0629. The van der Waals surface area contributed by atoms with Gasteiger partial charge in [-0.15, -0.1) is 0 Å². The minimum absolute atomic E-state index is 0.0265. The maximum Gasteiger partial charge on any atom is 0.312 e. The SMILES string of the molecule is COc1ccc(C(=O)NC(=S)Nc2ccc(OC)c([N+](=O)[O-])c2)cc1Cl. The number of nitrogens with zero attached hydrogens (tertiary/aromatic N) is 1. The van der Waals surface area contributed by atoms with Gasteiger partial charge >= 0.3 is 5.69 Å². The van der Waals surface area contributed by atoms with Crippen LogP contribution < -0.4 is 20.1 Å². The fraction of sp³-hybridized carbons (Fsp3) is 0.125. The third-order valence-electron chi connectivity index (χ3n) is 3.27. The van der Waals surface area contributed by atoms with E-state index in [1.165, 1.54) is 44.6 Å². The van der Waals surface area contributed by atoms with E-state index in [9.17, 15) is 14.9 Å². The standard InChI is InChI=1S/C16H14ClN3O5S/c1-24-13-5-3-9(7-11(13)17)15(21)19-16(26)18-10-4-6-14(25-2)12(8-10)20(22)23/h3-8H,1-2H3,(H2,18,19,21,26). The number of hydrogen-bond donors (Lipinski definition) is 2. The third kappa shape index (κ3) is 4.58. The van der Waals surface area contributed by atoms with Gasteiger partial charge in [-0.1, -0.05) is 11.6 Å². The Balaban J connectivity index is 2.09. The molecule has 8 nitrogen and oxygen atoms in total. The zero-order valence-corrected chi connectivity index (χ0v) is 15.3. The molecular weight excluding hydrogens is 382 g/mol. The van der Waals surface area contributed by atoms with Crippen LogP contribution in [0.3, 0.4) is 0 Å². The van der Waals surface area contributed by atoms with Crippen LogP contribution in [-0.2, 0) is 0 Å². The van der Waals surface area contributed by atoms with E-state index < -0.39 is 10.8 Å². The zero-order valence-electron chi connectivity index (χ0n) is 13.7. The molecule has 0 radical (unpaired) electrons. The van der Waals surface area contributed by atoms with Gasteiger partial charge in [0.1, 0.15) is 5.75 Å². The molecule has 2 aromatic rings. The van der Waals surface area contributed by atoms with Crippen LogP contribution >= 0.6 is 23.8 Å². The molecule has 0 atom stereocenters. The number of rotatable bonds is 5. The van der Waals surface area contributed by atoms with Crippen molar-refractivity contribution in [3.05, 3.63) is 57.1 Å². The quantitative estimate of drug-likeness (QED) is 0.454. The summed E-state index contributed by atoms with van der Waals surface area (Å²) in [4.78, 5) is 22.7. The average molecular weight is 396 g/mol. The molecule has 1 amide bonds. The summed E-state index contributed by atoms with van der Waals surface area (Å²) in [5.41, 5.74) is 0.379. The number of amides is 1. The fourth-order valence-electron chi connectivity index (χ4n) is 2.06. The number of nitro benzene ring substituents is 1. The molecule has 0 saturated heterocycles. The Bertz CT molecular complexity index is 875. The molecule has 10 heteroatoms. The Hall–Kier alpha value is -2.91. The molecule has 0 aromatic heterocycles. The Morgan fingerprint density at radius 1 is 1.15 bits per heavy atom. The molecule has 2 aromatic carbocycles.